The number of benzene rings is 2. The molecule has 2 heterocycles. The molecule has 1 aromatic heterocycles. The van der Waals surface area contributed by atoms with Crippen LogP contribution in [0.1, 0.15) is 10.4 Å². The molecule has 1 aliphatic heterocycles. The van der Waals surface area contributed by atoms with Gasteiger partial charge in [0.1, 0.15) is 0 Å². The Morgan fingerprint density at radius 3 is 2.91 bits per heavy atom. The number of nitrogens with one attached hydrogen (secondary N) is 1. The lowest BCUT2D eigenvalue weighted by molar-refractivity contribution is 1.28. The lowest BCUT2D eigenvalue weighted by Crippen LogP contribution is -1.93. The first-order valence-corrected chi connectivity index (χ1v) is 9.55. The van der Waals surface area contributed by atoms with Gasteiger partial charge >= 0.3 is 0 Å². The summed E-state index contributed by atoms with van der Waals surface area (Å²) in [5, 5.41) is 4.39. The van der Waals surface area contributed by atoms with Crippen LogP contribution in [0, 0.1) is 6.92 Å². The Hall–Kier alpha value is -1.30. The van der Waals surface area contributed by atoms with Crippen LogP contribution in [0.5, 0.6) is 0 Å². The average Bonchev–Trinajstić information content (AvgIpc) is 2.93. The molecule has 0 saturated carbocycles. The van der Waals surface area contributed by atoms with E-state index in [2.05, 4.69) is 70.6 Å². The second-order valence-corrected chi connectivity index (χ2v) is 8.14. The summed E-state index contributed by atoms with van der Waals surface area (Å²) < 4.78 is 1.07. The van der Waals surface area contributed by atoms with Crippen LogP contribution in [-0.4, -0.2) is 4.98 Å². The molecule has 110 valence electrons. The first-order valence-electron chi connectivity index (χ1n) is 6.96. The van der Waals surface area contributed by atoms with Gasteiger partial charge in [-0.15, -0.1) is 23.1 Å². The van der Waals surface area contributed by atoms with Crippen molar-refractivity contribution in [2.24, 2.45) is 0 Å². The van der Waals surface area contributed by atoms with Gasteiger partial charge in [-0.3, -0.25) is 0 Å². The zero-order valence-electron chi connectivity index (χ0n) is 11.9. The van der Waals surface area contributed by atoms with Gasteiger partial charge in [-0.25, -0.2) is 4.98 Å². The number of hydrogen-bond donors (Lipinski definition) is 1. The lowest BCUT2D eigenvalue weighted by Gasteiger charge is -2.13. The van der Waals surface area contributed by atoms with Crippen molar-refractivity contribution < 1.29 is 0 Å². The Morgan fingerprint density at radius 2 is 2.05 bits per heavy atom. The molecule has 0 unspecified atom stereocenters. The third kappa shape index (κ3) is 2.57. The van der Waals surface area contributed by atoms with E-state index in [9.17, 15) is 0 Å². The summed E-state index contributed by atoms with van der Waals surface area (Å²) in [4.78, 5) is 7.49. The summed E-state index contributed by atoms with van der Waals surface area (Å²) in [7, 11) is 0. The molecule has 0 amide bonds. The van der Waals surface area contributed by atoms with Crippen LogP contribution in [0.25, 0.3) is 11.3 Å². The molecular formula is C17H13BrN2S2. The molecule has 5 heteroatoms. The monoisotopic (exact) mass is 388 g/mol. The first kappa shape index (κ1) is 14.3. The molecule has 0 saturated heterocycles. The number of aromatic nitrogens is 1. The lowest BCUT2D eigenvalue weighted by atomic mass is 10.1. The average molecular weight is 389 g/mol. The molecule has 0 radical (unpaired) electrons. The predicted octanol–water partition coefficient (Wildman–Crippen LogP) is 6.23. The molecule has 0 atom stereocenters. The largest absolute Gasteiger partial charge is 0.331 e. The van der Waals surface area contributed by atoms with Crippen LogP contribution >= 0.6 is 39.0 Å². The molecule has 0 aliphatic carbocycles. The van der Waals surface area contributed by atoms with Crippen molar-refractivity contribution in [1.29, 1.82) is 0 Å². The Labute approximate surface area is 146 Å². The number of hydrogen-bond acceptors (Lipinski definition) is 4. The van der Waals surface area contributed by atoms with Gasteiger partial charge in [0.05, 0.1) is 11.4 Å². The summed E-state index contributed by atoms with van der Waals surface area (Å²) >= 11 is 7.24. The Bertz CT molecular complexity index is 858. The molecule has 22 heavy (non-hydrogen) atoms. The first-order chi connectivity index (χ1) is 10.7. The minimum absolute atomic E-state index is 0.951. The molecule has 2 aromatic carbocycles. The number of rotatable bonds is 2. The van der Waals surface area contributed by atoms with Crippen LogP contribution in [0.2, 0.25) is 0 Å². The fraction of sp³-hybridized carbons (Fsp3) is 0.118. The van der Waals surface area contributed by atoms with Gasteiger partial charge in [-0.1, -0.05) is 24.3 Å². The standard InChI is InChI=1S/C17H13BrN2S2/c1-10-6-7-13(12(18)8-10)19-17-20-16-11-4-2-3-5-14(11)21-9-15(16)22-17/h2-8H,9H2,1H3,(H,19,20). The van der Waals surface area contributed by atoms with E-state index >= 15 is 0 Å². The van der Waals surface area contributed by atoms with E-state index in [0.717, 1.165) is 26.7 Å². The Kier molecular flexibility index (Phi) is 3.72. The van der Waals surface area contributed by atoms with E-state index in [1.54, 1.807) is 11.3 Å². The maximum atomic E-state index is 4.82. The van der Waals surface area contributed by atoms with E-state index in [1.807, 2.05) is 11.8 Å². The van der Waals surface area contributed by atoms with Gasteiger partial charge in [0.25, 0.3) is 0 Å². The van der Waals surface area contributed by atoms with Crippen molar-refractivity contribution in [2.75, 3.05) is 5.32 Å². The molecule has 3 aromatic rings. The number of thiazole rings is 1. The number of anilines is 2. The predicted molar refractivity (Wildman–Crippen MR) is 99.3 cm³/mol. The zero-order valence-corrected chi connectivity index (χ0v) is 15.1. The third-order valence-electron chi connectivity index (χ3n) is 3.56. The van der Waals surface area contributed by atoms with Crippen molar-refractivity contribution >= 4 is 49.8 Å². The van der Waals surface area contributed by atoms with Crippen LogP contribution < -0.4 is 5.32 Å². The summed E-state index contributed by atoms with van der Waals surface area (Å²) in [6.45, 7) is 2.09. The summed E-state index contributed by atoms with van der Waals surface area (Å²) in [6, 6.07) is 14.8. The Morgan fingerprint density at radius 1 is 1.18 bits per heavy atom. The molecule has 2 nitrogen and oxygen atoms in total. The molecule has 0 bridgehead atoms. The minimum atomic E-state index is 0.951. The second kappa shape index (κ2) is 5.72. The highest BCUT2D eigenvalue weighted by atomic mass is 79.9. The Balaban J connectivity index is 1.70. The maximum Gasteiger partial charge on any atom is 0.188 e. The number of thioether (sulfide) groups is 1. The zero-order chi connectivity index (χ0) is 15.1. The second-order valence-electron chi connectivity index (χ2n) is 5.18. The van der Waals surface area contributed by atoms with E-state index in [1.165, 1.54) is 20.9 Å². The highest BCUT2D eigenvalue weighted by molar-refractivity contribution is 9.10. The summed E-state index contributed by atoms with van der Waals surface area (Å²) in [5.74, 6) is 1.00. The van der Waals surface area contributed by atoms with E-state index in [4.69, 9.17) is 4.98 Å². The third-order valence-corrected chi connectivity index (χ3v) is 6.47. The fourth-order valence-corrected chi connectivity index (χ4v) is 5.19. The van der Waals surface area contributed by atoms with Gasteiger partial charge in [-0.05, 0) is 46.6 Å². The molecule has 0 spiro atoms. The van der Waals surface area contributed by atoms with Gasteiger partial charge in [0, 0.05) is 25.6 Å². The van der Waals surface area contributed by atoms with E-state index in [0.29, 0.717) is 0 Å². The van der Waals surface area contributed by atoms with Gasteiger partial charge in [0.2, 0.25) is 0 Å². The number of aryl methyl sites for hydroxylation is 1. The van der Waals surface area contributed by atoms with Crippen LogP contribution in [-0.2, 0) is 5.75 Å². The summed E-state index contributed by atoms with van der Waals surface area (Å²) in [5.41, 5.74) is 4.67. The van der Waals surface area contributed by atoms with Crippen molar-refractivity contribution in [3.05, 3.63) is 57.4 Å². The number of nitrogens with zero attached hydrogens (tertiary/aromatic N) is 1. The number of halogens is 1. The van der Waals surface area contributed by atoms with Gasteiger partial charge in [0.15, 0.2) is 5.13 Å². The highest BCUT2D eigenvalue weighted by Gasteiger charge is 2.21. The van der Waals surface area contributed by atoms with Crippen LogP contribution in [0.15, 0.2) is 51.8 Å². The van der Waals surface area contributed by atoms with Crippen LogP contribution in [0.4, 0.5) is 10.8 Å². The topological polar surface area (TPSA) is 24.9 Å². The fourth-order valence-electron chi connectivity index (χ4n) is 2.48. The quantitative estimate of drug-likeness (QED) is 0.562. The van der Waals surface area contributed by atoms with Gasteiger partial charge in [-0.2, -0.15) is 0 Å². The molecular weight excluding hydrogens is 376 g/mol. The normalized spacial score (nSPS) is 12.6. The van der Waals surface area contributed by atoms with E-state index < -0.39 is 0 Å². The minimum Gasteiger partial charge on any atom is -0.331 e. The molecule has 1 aliphatic rings. The molecule has 1 N–H and O–H groups in total. The SMILES string of the molecule is Cc1ccc(Nc2nc3c(s2)CSc2ccccc2-3)c(Br)c1. The highest BCUT2D eigenvalue weighted by Crippen LogP contribution is 2.45. The smallest absolute Gasteiger partial charge is 0.188 e. The summed E-state index contributed by atoms with van der Waals surface area (Å²) in [6.07, 6.45) is 0. The van der Waals surface area contributed by atoms with E-state index in [-0.39, 0.29) is 0 Å². The van der Waals surface area contributed by atoms with Crippen molar-refractivity contribution in [1.82, 2.24) is 4.98 Å². The van der Waals surface area contributed by atoms with Crippen LogP contribution in [0.3, 0.4) is 0 Å². The van der Waals surface area contributed by atoms with Gasteiger partial charge < -0.3 is 5.32 Å². The van der Waals surface area contributed by atoms with Crippen molar-refractivity contribution in [2.45, 2.75) is 17.6 Å². The molecule has 4 rings (SSSR count). The van der Waals surface area contributed by atoms with Crippen molar-refractivity contribution in [3.8, 4) is 11.3 Å². The number of fused-ring (bicyclic) bond motifs is 3. The maximum absolute atomic E-state index is 4.82. The molecule has 0 fully saturated rings. The van der Waals surface area contributed by atoms with Crippen molar-refractivity contribution in [3.63, 3.8) is 0 Å².